The van der Waals surface area contributed by atoms with Crippen LogP contribution in [0, 0.1) is 5.82 Å². The summed E-state index contributed by atoms with van der Waals surface area (Å²) in [6, 6.07) is 6.31. The Morgan fingerprint density at radius 1 is 1.11 bits per heavy atom. The first kappa shape index (κ1) is 26.9. The third-order valence-corrected chi connectivity index (χ3v) is 7.47. The molecule has 3 heterocycles. The number of aryl methyl sites for hydroxylation is 1. The summed E-state index contributed by atoms with van der Waals surface area (Å²) in [6.07, 6.45) is 8.08. The van der Waals surface area contributed by atoms with Gasteiger partial charge in [-0.05, 0) is 44.4 Å². The fourth-order valence-corrected chi connectivity index (χ4v) is 5.13. The molecule has 2 amide bonds. The number of amides is 2. The number of nitrogens with zero attached hydrogens (tertiary/aromatic N) is 5. The summed E-state index contributed by atoms with van der Waals surface area (Å²) in [7, 11) is 0. The number of carbonyl (C=O) groups is 2. The summed E-state index contributed by atoms with van der Waals surface area (Å²) >= 11 is 1.16. The van der Waals surface area contributed by atoms with Crippen molar-refractivity contribution in [3.63, 3.8) is 0 Å². The highest BCUT2D eigenvalue weighted by Crippen LogP contribution is 2.21. The van der Waals surface area contributed by atoms with Gasteiger partial charge >= 0.3 is 0 Å². The van der Waals surface area contributed by atoms with Crippen molar-refractivity contribution < 1.29 is 14.0 Å². The number of hydrogen-bond donors (Lipinski definition) is 2. The molecule has 2 N–H and O–H groups in total. The van der Waals surface area contributed by atoms with E-state index < -0.39 is 6.04 Å². The Morgan fingerprint density at radius 3 is 2.51 bits per heavy atom. The van der Waals surface area contributed by atoms with Crippen LogP contribution < -0.4 is 10.6 Å². The SMILES string of the molecule is CC(C)N1CCN(C(Cc2ccc(F)cc2)C(=O)Nc2ncc(C(=O)NCCCn3ccnc3)s2)CC1. The van der Waals surface area contributed by atoms with Crippen LogP contribution in [-0.2, 0) is 17.8 Å². The van der Waals surface area contributed by atoms with Gasteiger partial charge in [-0.3, -0.25) is 19.4 Å². The van der Waals surface area contributed by atoms with Crippen molar-refractivity contribution in [2.75, 3.05) is 38.0 Å². The van der Waals surface area contributed by atoms with Gasteiger partial charge in [0.05, 0.1) is 18.6 Å². The summed E-state index contributed by atoms with van der Waals surface area (Å²) in [6.45, 7) is 8.94. The maximum absolute atomic E-state index is 13.4. The molecule has 4 rings (SSSR count). The average Bonchev–Trinajstić information content (AvgIpc) is 3.59. The number of piperazine rings is 1. The molecule has 0 bridgehead atoms. The lowest BCUT2D eigenvalue weighted by Crippen LogP contribution is -2.55. The predicted molar refractivity (Wildman–Crippen MR) is 142 cm³/mol. The number of anilines is 1. The zero-order chi connectivity index (χ0) is 26.2. The number of carbonyl (C=O) groups excluding carboxylic acids is 2. The van der Waals surface area contributed by atoms with Crippen molar-refractivity contribution in [2.24, 2.45) is 0 Å². The molecule has 9 nitrogen and oxygen atoms in total. The lowest BCUT2D eigenvalue weighted by Gasteiger charge is -2.40. The quantitative estimate of drug-likeness (QED) is 0.373. The minimum Gasteiger partial charge on any atom is -0.351 e. The fourth-order valence-electron chi connectivity index (χ4n) is 4.39. The molecule has 198 valence electrons. The largest absolute Gasteiger partial charge is 0.351 e. The second-order valence-corrected chi connectivity index (χ2v) is 10.5. The summed E-state index contributed by atoms with van der Waals surface area (Å²) in [4.78, 5) is 39.2. The predicted octanol–water partition coefficient (Wildman–Crippen LogP) is 2.87. The van der Waals surface area contributed by atoms with E-state index in [0.717, 1.165) is 56.0 Å². The molecule has 2 aromatic heterocycles. The lowest BCUT2D eigenvalue weighted by atomic mass is 10.0. The van der Waals surface area contributed by atoms with E-state index in [1.165, 1.54) is 18.3 Å². The van der Waals surface area contributed by atoms with E-state index >= 15 is 0 Å². The van der Waals surface area contributed by atoms with Crippen LogP contribution in [0.1, 0.15) is 35.5 Å². The van der Waals surface area contributed by atoms with Crippen molar-refractivity contribution in [2.45, 2.75) is 45.3 Å². The first-order valence-electron chi connectivity index (χ1n) is 12.6. The van der Waals surface area contributed by atoms with Crippen LogP contribution in [0.15, 0.2) is 49.2 Å². The van der Waals surface area contributed by atoms with E-state index in [0.29, 0.717) is 29.0 Å². The van der Waals surface area contributed by atoms with Crippen molar-refractivity contribution in [1.82, 2.24) is 29.7 Å². The molecular formula is C26H34FN7O2S. The smallest absolute Gasteiger partial charge is 0.263 e. The Kier molecular flexibility index (Phi) is 9.37. The monoisotopic (exact) mass is 527 g/mol. The molecule has 1 atom stereocenters. The number of benzene rings is 1. The molecule has 0 saturated carbocycles. The second kappa shape index (κ2) is 12.9. The molecule has 1 aliphatic rings. The van der Waals surface area contributed by atoms with Gasteiger partial charge in [0.25, 0.3) is 5.91 Å². The number of aromatic nitrogens is 3. The molecule has 1 aromatic carbocycles. The molecule has 37 heavy (non-hydrogen) atoms. The Morgan fingerprint density at radius 2 is 1.84 bits per heavy atom. The van der Waals surface area contributed by atoms with Crippen molar-refractivity contribution in [3.8, 4) is 0 Å². The highest BCUT2D eigenvalue weighted by Gasteiger charge is 2.30. The molecule has 1 saturated heterocycles. The normalized spacial score (nSPS) is 15.6. The van der Waals surface area contributed by atoms with Gasteiger partial charge < -0.3 is 15.2 Å². The minimum absolute atomic E-state index is 0.177. The molecular weight excluding hydrogens is 493 g/mol. The molecule has 1 unspecified atom stereocenters. The first-order valence-corrected chi connectivity index (χ1v) is 13.4. The Bertz CT molecular complexity index is 1140. The van der Waals surface area contributed by atoms with Crippen LogP contribution in [0.25, 0.3) is 0 Å². The number of imidazole rings is 1. The van der Waals surface area contributed by atoms with Crippen molar-refractivity contribution in [3.05, 3.63) is 65.4 Å². The molecule has 1 fully saturated rings. The number of thiazole rings is 1. The van der Waals surface area contributed by atoms with Crippen molar-refractivity contribution in [1.29, 1.82) is 0 Å². The Balaban J connectivity index is 1.35. The zero-order valence-electron chi connectivity index (χ0n) is 21.3. The van der Waals surface area contributed by atoms with Gasteiger partial charge in [-0.15, -0.1) is 0 Å². The summed E-state index contributed by atoms with van der Waals surface area (Å²) < 4.78 is 15.4. The molecule has 0 radical (unpaired) electrons. The first-order chi connectivity index (χ1) is 17.9. The topological polar surface area (TPSA) is 95.4 Å². The van der Waals surface area contributed by atoms with E-state index in [4.69, 9.17) is 0 Å². The van der Waals surface area contributed by atoms with Crippen LogP contribution in [-0.4, -0.2) is 81.0 Å². The number of nitrogens with one attached hydrogen (secondary N) is 2. The maximum atomic E-state index is 13.4. The van der Waals surface area contributed by atoms with E-state index in [-0.39, 0.29) is 17.6 Å². The highest BCUT2D eigenvalue weighted by molar-refractivity contribution is 7.17. The molecule has 0 aliphatic carbocycles. The zero-order valence-corrected chi connectivity index (χ0v) is 22.1. The van der Waals surface area contributed by atoms with Gasteiger partial charge in [0, 0.05) is 57.7 Å². The fraction of sp³-hybridized carbons (Fsp3) is 0.462. The van der Waals surface area contributed by atoms with Gasteiger partial charge in [0.15, 0.2) is 5.13 Å². The van der Waals surface area contributed by atoms with Gasteiger partial charge in [-0.25, -0.2) is 14.4 Å². The van der Waals surface area contributed by atoms with Gasteiger partial charge in [0.2, 0.25) is 5.91 Å². The van der Waals surface area contributed by atoms with E-state index in [2.05, 4.69) is 44.2 Å². The summed E-state index contributed by atoms with van der Waals surface area (Å²) in [5, 5.41) is 6.20. The van der Waals surface area contributed by atoms with Crippen molar-refractivity contribution >= 4 is 28.3 Å². The minimum atomic E-state index is -0.427. The van der Waals surface area contributed by atoms with Crippen LogP contribution in [0.3, 0.4) is 0 Å². The number of hydrogen-bond acceptors (Lipinski definition) is 7. The van der Waals surface area contributed by atoms with Gasteiger partial charge in [-0.1, -0.05) is 23.5 Å². The van der Waals surface area contributed by atoms with Crippen LogP contribution in [0.5, 0.6) is 0 Å². The molecule has 11 heteroatoms. The summed E-state index contributed by atoms with van der Waals surface area (Å²) in [5.74, 6) is -0.689. The lowest BCUT2D eigenvalue weighted by molar-refractivity contribution is -0.122. The maximum Gasteiger partial charge on any atom is 0.263 e. The number of halogens is 1. The van der Waals surface area contributed by atoms with Crippen LogP contribution in [0.2, 0.25) is 0 Å². The van der Waals surface area contributed by atoms with E-state index in [1.807, 2.05) is 10.8 Å². The molecule has 0 spiro atoms. The molecule has 1 aliphatic heterocycles. The third kappa shape index (κ3) is 7.67. The average molecular weight is 528 g/mol. The van der Waals surface area contributed by atoms with E-state index in [9.17, 15) is 14.0 Å². The van der Waals surface area contributed by atoms with Gasteiger partial charge in [-0.2, -0.15) is 0 Å². The highest BCUT2D eigenvalue weighted by atomic mass is 32.1. The number of rotatable bonds is 11. The molecule has 3 aromatic rings. The van der Waals surface area contributed by atoms with E-state index in [1.54, 1.807) is 24.7 Å². The van der Waals surface area contributed by atoms with Crippen LogP contribution >= 0.6 is 11.3 Å². The standard InChI is InChI=1S/C26H34FN7O2S/c1-19(2)33-12-14-34(15-13-33)22(16-20-4-6-21(27)7-5-20)24(35)31-26-30-17-23(37-26)25(36)29-8-3-10-32-11-9-28-18-32/h4-7,9,11,17-19,22H,3,8,10,12-16H2,1-2H3,(H,29,36)(H,30,31,35). The third-order valence-electron chi connectivity index (χ3n) is 6.56. The Hall–Kier alpha value is -3.15. The second-order valence-electron chi connectivity index (χ2n) is 9.44. The summed E-state index contributed by atoms with van der Waals surface area (Å²) in [5.41, 5.74) is 0.891. The van der Waals surface area contributed by atoms with Crippen LogP contribution in [0.4, 0.5) is 9.52 Å². The Labute approximate surface area is 220 Å². The van der Waals surface area contributed by atoms with Gasteiger partial charge in [0.1, 0.15) is 10.7 Å².